The Hall–Kier alpha value is -3.92. The van der Waals surface area contributed by atoms with Crippen molar-refractivity contribution in [2.45, 2.75) is 52.9 Å². The normalized spacial score (nSPS) is 12.9. The number of rotatable bonds is 5. The van der Waals surface area contributed by atoms with E-state index in [1.807, 2.05) is 0 Å². The Labute approximate surface area is 219 Å². The van der Waals surface area contributed by atoms with Crippen molar-refractivity contribution in [2.75, 3.05) is 0 Å². The van der Waals surface area contributed by atoms with Crippen molar-refractivity contribution in [2.24, 2.45) is 7.05 Å². The summed E-state index contributed by atoms with van der Waals surface area (Å²) in [6.07, 6.45) is 9.62. The summed E-state index contributed by atoms with van der Waals surface area (Å²) in [7, 11) is 2.15. The summed E-state index contributed by atoms with van der Waals surface area (Å²) < 4.78 is 6.88. The van der Waals surface area contributed by atoms with E-state index >= 15 is 0 Å². The van der Waals surface area contributed by atoms with Crippen molar-refractivity contribution < 1.29 is 4.57 Å². The fraction of sp³-hybridized carbons (Fsp3) is 0.273. The van der Waals surface area contributed by atoms with Crippen LogP contribution in [0, 0.1) is 6.92 Å². The zero-order chi connectivity index (χ0) is 25.8. The first-order valence-electron chi connectivity index (χ1n) is 13.3. The maximum absolute atomic E-state index is 4.96. The highest BCUT2D eigenvalue weighted by atomic mass is 15.1. The van der Waals surface area contributed by atoms with Gasteiger partial charge in [-0.3, -0.25) is 0 Å². The third kappa shape index (κ3) is 3.83. The lowest BCUT2D eigenvalue weighted by Crippen LogP contribution is -2.29. The highest BCUT2D eigenvalue weighted by Crippen LogP contribution is 2.38. The zero-order valence-electron chi connectivity index (χ0n) is 22.7. The third-order valence-electron chi connectivity index (χ3n) is 7.67. The predicted octanol–water partition coefficient (Wildman–Crippen LogP) is 7.57. The minimum atomic E-state index is 0.378. The Morgan fingerprint density at radius 3 is 2.27 bits per heavy atom. The second-order valence-corrected chi connectivity index (χ2v) is 10.9. The van der Waals surface area contributed by atoms with Crippen LogP contribution in [0.1, 0.15) is 62.0 Å². The van der Waals surface area contributed by atoms with Crippen LogP contribution < -0.4 is 4.57 Å². The van der Waals surface area contributed by atoms with E-state index in [4.69, 9.17) is 4.98 Å². The Morgan fingerprint density at radius 1 is 0.892 bits per heavy atom. The molecular weight excluding hydrogens is 452 g/mol. The number of aryl methyl sites for hydroxylation is 2. The molecule has 0 fully saturated rings. The van der Waals surface area contributed by atoms with E-state index in [-0.39, 0.29) is 0 Å². The lowest BCUT2D eigenvalue weighted by atomic mass is 9.88. The van der Waals surface area contributed by atoms with E-state index in [2.05, 4.69) is 135 Å². The smallest absolute Gasteiger partial charge is 0.294 e. The number of hydrogen-bond acceptors (Lipinski definition) is 1. The SMILES string of the molecule is Cc1cc2c(cc1-c1n(-c3c(C(C)C)cc(-c4ccccc4)cc3C(C)C)cc[n+]1C)nc1n2C=CC1. The number of fused-ring (bicyclic) bond motifs is 3. The Kier molecular flexibility index (Phi) is 5.63. The maximum atomic E-state index is 4.96. The molecule has 37 heavy (non-hydrogen) atoms. The fourth-order valence-corrected chi connectivity index (χ4v) is 5.72. The fourth-order valence-electron chi connectivity index (χ4n) is 5.72. The molecule has 0 N–H and O–H groups in total. The first-order chi connectivity index (χ1) is 17.8. The number of aromatic nitrogens is 4. The molecule has 4 nitrogen and oxygen atoms in total. The first-order valence-corrected chi connectivity index (χ1v) is 13.3. The Morgan fingerprint density at radius 2 is 1.59 bits per heavy atom. The molecule has 0 bridgehead atoms. The van der Waals surface area contributed by atoms with Crippen LogP contribution in [-0.4, -0.2) is 14.1 Å². The summed E-state index contributed by atoms with van der Waals surface area (Å²) in [6.45, 7) is 11.4. The van der Waals surface area contributed by atoms with Crippen LogP contribution in [0.25, 0.3) is 45.4 Å². The van der Waals surface area contributed by atoms with E-state index in [1.54, 1.807) is 0 Å². The molecule has 1 aliphatic heterocycles. The van der Waals surface area contributed by atoms with E-state index < -0.39 is 0 Å². The van der Waals surface area contributed by atoms with Crippen molar-refractivity contribution in [3.63, 3.8) is 0 Å². The van der Waals surface area contributed by atoms with Crippen molar-refractivity contribution >= 4 is 17.2 Å². The van der Waals surface area contributed by atoms with Gasteiger partial charge in [-0.1, -0.05) is 64.1 Å². The van der Waals surface area contributed by atoms with Crippen LogP contribution in [-0.2, 0) is 13.5 Å². The summed E-state index contributed by atoms with van der Waals surface area (Å²) in [5, 5.41) is 0. The van der Waals surface area contributed by atoms with Gasteiger partial charge in [0.25, 0.3) is 5.82 Å². The summed E-state index contributed by atoms with van der Waals surface area (Å²) >= 11 is 0. The van der Waals surface area contributed by atoms with E-state index in [0.717, 1.165) is 17.8 Å². The minimum absolute atomic E-state index is 0.378. The summed E-state index contributed by atoms with van der Waals surface area (Å²) in [5.41, 5.74) is 11.3. The van der Waals surface area contributed by atoms with Gasteiger partial charge in [-0.25, -0.2) is 9.55 Å². The van der Waals surface area contributed by atoms with Gasteiger partial charge in [0.15, 0.2) is 0 Å². The van der Waals surface area contributed by atoms with E-state index in [9.17, 15) is 0 Å². The molecule has 6 rings (SSSR count). The van der Waals surface area contributed by atoms with Crippen molar-refractivity contribution in [3.05, 3.63) is 95.6 Å². The summed E-state index contributed by atoms with van der Waals surface area (Å²) in [4.78, 5) is 4.96. The second-order valence-electron chi connectivity index (χ2n) is 10.9. The summed E-state index contributed by atoms with van der Waals surface area (Å²) in [5.74, 6) is 3.05. The molecule has 0 saturated carbocycles. The average Bonchev–Trinajstić information content (AvgIpc) is 3.58. The lowest BCUT2D eigenvalue weighted by Gasteiger charge is -2.20. The van der Waals surface area contributed by atoms with Gasteiger partial charge in [-0.2, -0.15) is 4.57 Å². The molecule has 0 aliphatic carbocycles. The molecule has 186 valence electrons. The maximum Gasteiger partial charge on any atom is 0.294 e. The van der Waals surface area contributed by atoms with E-state index in [0.29, 0.717) is 11.8 Å². The van der Waals surface area contributed by atoms with Crippen LogP contribution in [0.3, 0.4) is 0 Å². The van der Waals surface area contributed by atoms with E-state index in [1.165, 1.54) is 50.4 Å². The second kappa shape index (κ2) is 8.88. The van der Waals surface area contributed by atoms with Gasteiger partial charge >= 0.3 is 0 Å². The van der Waals surface area contributed by atoms with Crippen molar-refractivity contribution in [1.82, 2.24) is 14.1 Å². The number of benzene rings is 3. The summed E-state index contributed by atoms with van der Waals surface area (Å²) in [6, 6.07) is 20.1. The van der Waals surface area contributed by atoms with Crippen LogP contribution >= 0.6 is 0 Å². The molecule has 3 heterocycles. The number of imidazole rings is 2. The van der Waals surface area contributed by atoms with Gasteiger partial charge < -0.3 is 4.57 Å². The topological polar surface area (TPSA) is 26.6 Å². The molecule has 0 unspecified atom stereocenters. The number of allylic oxidation sites excluding steroid dienone is 1. The minimum Gasteiger partial charge on any atom is -0.303 e. The lowest BCUT2D eigenvalue weighted by molar-refractivity contribution is -0.659. The molecule has 5 aromatic rings. The highest BCUT2D eigenvalue weighted by Gasteiger charge is 2.28. The van der Waals surface area contributed by atoms with Crippen molar-refractivity contribution in [3.8, 4) is 28.2 Å². The molecule has 2 aromatic heterocycles. The molecule has 0 spiro atoms. The molecule has 0 radical (unpaired) electrons. The average molecular weight is 488 g/mol. The van der Waals surface area contributed by atoms with Crippen LogP contribution in [0.4, 0.5) is 0 Å². The van der Waals surface area contributed by atoms with Gasteiger partial charge in [-0.15, -0.1) is 0 Å². The highest BCUT2D eigenvalue weighted by molar-refractivity contribution is 5.85. The quantitative estimate of drug-likeness (QED) is 0.235. The van der Waals surface area contributed by atoms with Crippen LogP contribution in [0.2, 0.25) is 0 Å². The van der Waals surface area contributed by atoms with Crippen LogP contribution in [0.15, 0.2) is 73.1 Å². The molecule has 4 heteroatoms. The molecule has 0 saturated heterocycles. The molecule has 0 atom stereocenters. The molecule has 1 aliphatic rings. The Bertz CT molecular complexity index is 1630. The molecular formula is C33H35N4+. The third-order valence-corrected chi connectivity index (χ3v) is 7.67. The monoisotopic (exact) mass is 487 g/mol. The number of hydrogen-bond donors (Lipinski definition) is 0. The largest absolute Gasteiger partial charge is 0.303 e. The van der Waals surface area contributed by atoms with Gasteiger partial charge in [0, 0.05) is 23.7 Å². The Balaban J connectivity index is 1.61. The molecule has 3 aromatic carbocycles. The molecule has 0 amide bonds. The standard InChI is InChI=1S/C33H35N4/c1-21(2)26-18-25(24-11-8-7-9-12-24)19-27(22(3)4)32(26)37-16-15-35(6)33(37)28-20-29-30(17-23(28)5)36-14-10-13-31(36)34-29/h7-12,14-22H,13H2,1-6H3/q+1. The number of nitrogens with zero attached hydrogens (tertiary/aromatic N) is 4. The first kappa shape index (κ1) is 23.5. The zero-order valence-corrected chi connectivity index (χ0v) is 22.7. The van der Waals surface area contributed by atoms with Gasteiger partial charge in [0.1, 0.15) is 23.9 Å². The van der Waals surface area contributed by atoms with Gasteiger partial charge in [0.2, 0.25) is 0 Å². The van der Waals surface area contributed by atoms with Crippen molar-refractivity contribution in [1.29, 1.82) is 0 Å². The van der Waals surface area contributed by atoms with Gasteiger partial charge in [0.05, 0.1) is 23.6 Å². The predicted molar refractivity (Wildman–Crippen MR) is 153 cm³/mol. The van der Waals surface area contributed by atoms with Crippen LogP contribution in [0.5, 0.6) is 0 Å². The van der Waals surface area contributed by atoms with Gasteiger partial charge in [-0.05, 0) is 59.7 Å².